The van der Waals surface area contributed by atoms with Gasteiger partial charge in [-0.2, -0.15) is 0 Å². The van der Waals surface area contributed by atoms with E-state index in [0.717, 1.165) is 25.7 Å². The van der Waals surface area contributed by atoms with Crippen LogP contribution in [0, 0.1) is 0 Å². The van der Waals surface area contributed by atoms with E-state index in [1.807, 2.05) is 6.92 Å². The second-order valence-corrected chi connectivity index (χ2v) is 14.1. The quantitative estimate of drug-likeness (QED) is 0.0449. The van der Waals surface area contributed by atoms with E-state index in [4.69, 9.17) is 28.4 Å². The van der Waals surface area contributed by atoms with Gasteiger partial charge in [-0.05, 0) is 12.8 Å². The number of aliphatic hydroxyl groups excluding tert-OH is 7. The van der Waals surface area contributed by atoms with E-state index < -0.39 is 92.7 Å². The number of hydrogen-bond acceptors (Lipinski definition) is 15. The molecule has 11 atom stereocenters. The van der Waals surface area contributed by atoms with Gasteiger partial charge >= 0.3 is 11.9 Å². The number of rotatable bonds is 28. The van der Waals surface area contributed by atoms with Gasteiger partial charge in [0.15, 0.2) is 18.7 Å². The van der Waals surface area contributed by atoms with Crippen molar-refractivity contribution in [1.29, 1.82) is 0 Å². The van der Waals surface area contributed by atoms with Crippen molar-refractivity contribution in [3.8, 4) is 0 Å². The van der Waals surface area contributed by atoms with Crippen molar-refractivity contribution in [2.75, 3.05) is 26.4 Å². The van der Waals surface area contributed by atoms with Gasteiger partial charge in [-0.1, -0.05) is 104 Å². The van der Waals surface area contributed by atoms with Crippen LogP contribution in [0.25, 0.3) is 0 Å². The Bertz CT molecular complexity index is 939. The van der Waals surface area contributed by atoms with E-state index in [0.29, 0.717) is 12.8 Å². The third kappa shape index (κ3) is 17.3. The van der Waals surface area contributed by atoms with Gasteiger partial charge in [0.05, 0.1) is 19.8 Å². The summed E-state index contributed by atoms with van der Waals surface area (Å²) in [5.74, 6) is -0.962. The minimum atomic E-state index is -1.75. The smallest absolute Gasteiger partial charge is 0.306 e. The van der Waals surface area contributed by atoms with Gasteiger partial charge in [0.2, 0.25) is 0 Å². The SMILES string of the molecule is CCCCCCCCCCCCCCCCC(=O)OC(COC(=O)CCCC)COC1OC(COC2OC(CO)C(O)C(O)C2O)C(O)C(O)C1O. The zero-order valence-electron chi connectivity index (χ0n) is 31.3. The van der Waals surface area contributed by atoms with Crippen LogP contribution in [0.1, 0.15) is 129 Å². The van der Waals surface area contributed by atoms with Crippen LogP contribution in [0.2, 0.25) is 0 Å². The Morgan fingerprint density at radius 1 is 0.538 bits per heavy atom. The lowest BCUT2D eigenvalue weighted by Crippen LogP contribution is -2.61. The van der Waals surface area contributed by atoms with Crippen molar-refractivity contribution in [3.63, 3.8) is 0 Å². The number of carbonyl (C=O) groups excluding carboxylic acids is 2. The Kier molecular flexibility index (Phi) is 24.3. The number of aliphatic hydroxyl groups is 7. The fourth-order valence-corrected chi connectivity index (χ4v) is 6.19. The molecule has 0 aromatic heterocycles. The Hall–Kier alpha value is -1.50. The third-order valence-corrected chi connectivity index (χ3v) is 9.59. The van der Waals surface area contributed by atoms with Crippen molar-refractivity contribution >= 4 is 11.9 Å². The molecule has 2 saturated heterocycles. The van der Waals surface area contributed by atoms with Crippen LogP contribution in [-0.2, 0) is 38.0 Å². The molecule has 0 amide bonds. The fraction of sp³-hybridized carbons (Fsp3) is 0.946. The summed E-state index contributed by atoms with van der Waals surface area (Å²) in [6, 6.07) is 0. The molecule has 0 aromatic carbocycles. The highest BCUT2D eigenvalue weighted by molar-refractivity contribution is 5.70. The molecule has 15 nitrogen and oxygen atoms in total. The summed E-state index contributed by atoms with van der Waals surface area (Å²) in [7, 11) is 0. The second-order valence-electron chi connectivity index (χ2n) is 14.1. The molecule has 0 aromatic rings. The van der Waals surface area contributed by atoms with Crippen LogP contribution in [0.4, 0.5) is 0 Å². The molecule has 0 radical (unpaired) electrons. The molecule has 2 rings (SSSR count). The summed E-state index contributed by atoms with van der Waals surface area (Å²) < 4.78 is 32.9. The average molecular weight is 753 g/mol. The normalized spacial score (nSPS) is 29.9. The first-order valence-corrected chi connectivity index (χ1v) is 19.6. The van der Waals surface area contributed by atoms with Crippen molar-refractivity contribution in [2.24, 2.45) is 0 Å². The maximum absolute atomic E-state index is 12.7. The Balaban J connectivity index is 1.81. The molecule has 11 unspecified atom stereocenters. The van der Waals surface area contributed by atoms with E-state index in [2.05, 4.69) is 6.92 Å². The maximum atomic E-state index is 12.7. The Morgan fingerprint density at radius 3 is 1.54 bits per heavy atom. The predicted molar refractivity (Wildman–Crippen MR) is 188 cm³/mol. The van der Waals surface area contributed by atoms with Crippen LogP contribution in [0.15, 0.2) is 0 Å². The molecule has 2 fully saturated rings. The summed E-state index contributed by atoms with van der Waals surface area (Å²) in [5, 5.41) is 71.2. The standard InChI is InChI=1S/C37H68O15/c1-3-5-7-8-9-10-11-12-13-14-15-16-17-18-20-29(40)50-25(22-47-28(39)19-6-4-2)23-48-36-35(46)33(44)31(42)27(52-36)24-49-37-34(45)32(43)30(41)26(21-38)51-37/h25-27,30-38,41-46H,3-24H2,1-2H3. The number of ether oxygens (including phenoxy) is 6. The summed E-state index contributed by atoms with van der Waals surface area (Å²) in [6.45, 7) is 2.29. The predicted octanol–water partition coefficient (Wildman–Crippen LogP) is 2.14. The van der Waals surface area contributed by atoms with Gasteiger partial charge < -0.3 is 64.2 Å². The van der Waals surface area contributed by atoms with E-state index in [9.17, 15) is 45.3 Å². The summed E-state index contributed by atoms with van der Waals surface area (Å²) >= 11 is 0. The highest BCUT2D eigenvalue weighted by Crippen LogP contribution is 2.26. The molecule has 52 heavy (non-hydrogen) atoms. The first kappa shape index (κ1) is 46.7. The zero-order chi connectivity index (χ0) is 38.3. The lowest BCUT2D eigenvalue weighted by atomic mass is 9.98. The van der Waals surface area contributed by atoms with Gasteiger partial charge in [-0.25, -0.2) is 0 Å². The summed E-state index contributed by atoms with van der Waals surface area (Å²) in [5.41, 5.74) is 0. The monoisotopic (exact) mass is 752 g/mol. The first-order chi connectivity index (χ1) is 25.0. The maximum Gasteiger partial charge on any atom is 0.306 e. The molecule has 0 bridgehead atoms. The molecule has 0 aliphatic carbocycles. The van der Waals surface area contributed by atoms with Crippen LogP contribution in [-0.4, -0.2) is 142 Å². The van der Waals surface area contributed by atoms with Gasteiger partial charge in [-0.3, -0.25) is 9.59 Å². The van der Waals surface area contributed by atoms with Gasteiger partial charge in [0, 0.05) is 12.8 Å². The van der Waals surface area contributed by atoms with Crippen LogP contribution in [0.3, 0.4) is 0 Å². The van der Waals surface area contributed by atoms with Gasteiger partial charge in [0.1, 0.15) is 55.4 Å². The molecule has 2 aliphatic heterocycles. The molecule has 0 spiro atoms. The van der Waals surface area contributed by atoms with Crippen LogP contribution < -0.4 is 0 Å². The third-order valence-electron chi connectivity index (χ3n) is 9.59. The van der Waals surface area contributed by atoms with Crippen molar-refractivity contribution in [1.82, 2.24) is 0 Å². The molecule has 306 valence electrons. The van der Waals surface area contributed by atoms with E-state index in [1.54, 1.807) is 0 Å². The van der Waals surface area contributed by atoms with Gasteiger partial charge in [-0.15, -0.1) is 0 Å². The lowest BCUT2D eigenvalue weighted by molar-refractivity contribution is -0.332. The van der Waals surface area contributed by atoms with Crippen molar-refractivity contribution < 1.29 is 73.8 Å². The van der Waals surface area contributed by atoms with Crippen LogP contribution in [0.5, 0.6) is 0 Å². The zero-order valence-corrected chi connectivity index (χ0v) is 31.3. The summed E-state index contributed by atoms with van der Waals surface area (Å²) in [4.78, 5) is 24.9. The van der Waals surface area contributed by atoms with Crippen molar-refractivity contribution in [3.05, 3.63) is 0 Å². The largest absolute Gasteiger partial charge is 0.462 e. The fourth-order valence-electron chi connectivity index (χ4n) is 6.19. The number of esters is 2. The topological polar surface area (TPSA) is 231 Å². The second kappa shape index (κ2) is 27.1. The number of hydrogen-bond donors (Lipinski definition) is 7. The highest BCUT2D eigenvalue weighted by Gasteiger charge is 2.47. The van der Waals surface area contributed by atoms with E-state index >= 15 is 0 Å². The minimum absolute atomic E-state index is 0.170. The Labute approximate surface area is 308 Å². The molecule has 2 aliphatic rings. The van der Waals surface area contributed by atoms with Crippen molar-refractivity contribution in [2.45, 2.75) is 197 Å². The van der Waals surface area contributed by atoms with E-state index in [-0.39, 0.29) is 26.1 Å². The summed E-state index contributed by atoms with van der Waals surface area (Å²) in [6.07, 6.45) is 1.59. The molecular formula is C37H68O15. The minimum Gasteiger partial charge on any atom is -0.462 e. The molecule has 7 N–H and O–H groups in total. The molecule has 2 heterocycles. The molecular weight excluding hydrogens is 684 g/mol. The average Bonchev–Trinajstić information content (AvgIpc) is 3.14. The lowest BCUT2D eigenvalue weighted by Gasteiger charge is -2.42. The first-order valence-electron chi connectivity index (χ1n) is 19.6. The van der Waals surface area contributed by atoms with E-state index in [1.165, 1.54) is 64.2 Å². The highest BCUT2D eigenvalue weighted by atomic mass is 16.7. The van der Waals surface area contributed by atoms with Gasteiger partial charge in [0.25, 0.3) is 0 Å². The number of carbonyl (C=O) groups is 2. The van der Waals surface area contributed by atoms with Crippen LogP contribution >= 0.6 is 0 Å². The number of unbranched alkanes of at least 4 members (excludes halogenated alkanes) is 14. The molecule has 0 saturated carbocycles. The Morgan fingerprint density at radius 2 is 1.00 bits per heavy atom. The molecule has 15 heteroatoms.